The number of nitrogens with zero attached hydrogens (tertiary/aromatic N) is 3. The molecule has 2 heterocycles. The SMILES string of the molecule is CN1CCCN(CC(=O)N2CC[C@@](O)(c3ccccc3)[C@H]3CCCC[C@H]32)CC1. The molecule has 5 heteroatoms. The molecule has 1 aromatic carbocycles. The number of amides is 1. The molecule has 154 valence electrons. The van der Waals surface area contributed by atoms with Crippen molar-refractivity contribution >= 4 is 5.91 Å². The van der Waals surface area contributed by atoms with Gasteiger partial charge in [0.1, 0.15) is 0 Å². The van der Waals surface area contributed by atoms with Crippen LogP contribution >= 0.6 is 0 Å². The molecule has 0 spiro atoms. The minimum absolute atomic E-state index is 0.150. The molecule has 0 radical (unpaired) electrons. The third-order valence-corrected chi connectivity index (χ3v) is 7.24. The number of aliphatic hydroxyl groups is 1. The summed E-state index contributed by atoms with van der Waals surface area (Å²) in [5, 5.41) is 11.7. The molecule has 4 rings (SSSR count). The van der Waals surface area contributed by atoms with Gasteiger partial charge in [0.05, 0.1) is 12.1 Å². The molecule has 1 amide bonds. The Balaban J connectivity index is 1.48. The van der Waals surface area contributed by atoms with Crippen molar-refractivity contribution in [2.75, 3.05) is 46.3 Å². The second-order valence-corrected chi connectivity index (χ2v) is 9.02. The van der Waals surface area contributed by atoms with Gasteiger partial charge in [-0.25, -0.2) is 0 Å². The quantitative estimate of drug-likeness (QED) is 0.867. The van der Waals surface area contributed by atoms with Crippen LogP contribution in [0.2, 0.25) is 0 Å². The van der Waals surface area contributed by atoms with E-state index in [1.807, 2.05) is 18.2 Å². The Hall–Kier alpha value is -1.43. The van der Waals surface area contributed by atoms with Crippen LogP contribution < -0.4 is 0 Å². The lowest BCUT2D eigenvalue weighted by atomic mass is 9.66. The minimum Gasteiger partial charge on any atom is -0.385 e. The fraction of sp³-hybridized carbons (Fsp3) is 0.696. The molecule has 3 fully saturated rings. The lowest BCUT2D eigenvalue weighted by Gasteiger charge is -2.52. The van der Waals surface area contributed by atoms with Crippen LogP contribution in [0.4, 0.5) is 0 Å². The van der Waals surface area contributed by atoms with Crippen molar-refractivity contribution in [3.05, 3.63) is 35.9 Å². The van der Waals surface area contributed by atoms with Crippen molar-refractivity contribution in [2.24, 2.45) is 5.92 Å². The molecule has 2 aliphatic heterocycles. The van der Waals surface area contributed by atoms with E-state index in [0.29, 0.717) is 19.5 Å². The van der Waals surface area contributed by atoms with Crippen LogP contribution in [0.25, 0.3) is 0 Å². The Morgan fingerprint density at radius 3 is 2.64 bits per heavy atom. The second kappa shape index (κ2) is 8.52. The summed E-state index contributed by atoms with van der Waals surface area (Å²) >= 11 is 0. The predicted molar refractivity (Wildman–Crippen MR) is 111 cm³/mol. The van der Waals surface area contributed by atoms with Gasteiger partial charge < -0.3 is 14.9 Å². The molecule has 2 saturated heterocycles. The number of hydrogen-bond donors (Lipinski definition) is 1. The maximum absolute atomic E-state index is 13.3. The highest BCUT2D eigenvalue weighted by atomic mass is 16.3. The van der Waals surface area contributed by atoms with Crippen LogP contribution in [0.5, 0.6) is 0 Å². The molecular weight excluding hydrogens is 350 g/mol. The van der Waals surface area contributed by atoms with Gasteiger partial charge in [0, 0.05) is 31.6 Å². The molecule has 28 heavy (non-hydrogen) atoms. The number of rotatable bonds is 3. The van der Waals surface area contributed by atoms with Crippen LogP contribution in [0, 0.1) is 5.92 Å². The van der Waals surface area contributed by atoms with Crippen LogP contribution in [0.3, 0.4) is 0 Å². The van der Waals surface area contributed by atoms with Crippen molar-refractivity contribution in [3.8, 4) is 0 Å². The Morgan fingerprint density at radius 1 is 1.04 bits per heavy atom. The number of likely N-dealkylation sites (N-methyl/N-ethyl adjacent to an activating group) is 1. The summed E-state index contributed by atoms with van der Waals surface area (Å²) in [4.78, 5) is 20.0. The third kappa shape index (κ3) is 3.98. The standard InChI is InChI=1S/C23H35N3O2/c1-24-13-7-14-25(17-16-24)18-22(27)26-15-12-23(28,19-8-3-2-4-9-19)20-10-5-6-11-21(20)26/h2-4,8-9,20-21,28H,5-7,10-18H2,1H3/t20-,21+,23+/m0/s1. The van der Waals surface area contributed by atoms with Crippen LogP contribution in [-0.2, 0) is 10.4 Å². The van der Waals surface area contributed by atoms with Gasteiger partial charge in [-0.05, 0) is 51.4 Å². The van der Waals surface area contributed by atoms with E-state index in [0.717, 1.165) is 63.8 Å². The molecule has 1 aliphatic carbocycles. The van der Waals surface area contributed by atoms with E-state index in [2.05, 4.69) is 33.9 Å². The van der Waals surface area contributed by atoms with E-state index < -0.39 is 5.60 Å². The van der Waals surface area contributed by atoms with Gasteiger partial charge in [0.25, 0.3) is 0 Å². The van der Waals surface area contributed by atoms with Crippen LogP contribution in [0.1, 0.15) is 44.1 Å². The normalized spacial score (nSPS) is 32.6. The van der Waals surface area contributed by atoms with Crippen molar-refractivity contribution in [3.63, 3.8) is 0 Å². The van der Waals surface area contributed by atoms with Gasteiger partial charge in [-0.3, -0.25) is 9.69 Å². The van der Waals surface area contributed by atoms with Gasteiger partial charge in [0.15, 0.2) is 0 Å². The topological polar surface area (TPSA) is 47.0 Å². The zero-order chi connectivity index (χ0) is 19.6. The molecule has 1 N–H and O–H groups in total. The Bertz CT molecular complexity index is 667. The van der Waals surface area contributed by atoms with Gasteiger partial charge in [-0.1, -0.05) is 43.2 Å². The number of carbonyl (C=O) groups is 1. The number of hydrogen-bond acceptors (Lipinski definition) is 4. The highest BCUT2D eigenvalue weighted by Crippen LogP contribution is 2.46. The number of piperidine rings is 1. The van der Waals surface area contributed by atoms with E-state index in [9.17, 15) is 9.90 Å². The summed E-state index contributed by atoms with van der Waals surface area (Å²) < 4.78 is 0. The first-order chi connectivity index (χ1) is 13.6. The van der Waals surface area contributed by atoms with Crippen LogP contribution in [-0.4, -0.2) is 78.1 Å². The Labute approximate surface area is 169 Å². The number of likely N-dealkylation sites (tertiary alicyclic amines) is 1. The van der Waals surface area contributed by atoms with E-state index >= 15 is 0 Å². The monoisotopic (exact) mass is 385 g/mol. The highest BCUT2D eigenvalue weighted by Gasteiger charge is 2.50. The smallest absolute Gasteiger partial charge is 0.237 e. The summed E-state index contributed by atoms with van der Waals surface area (Å²) in [6.45, 7) is 5.32. The van der Waals surface area contributed by atoms with Gasteiger partial charge >= 0.3 is 0 Å². The molecule has 1 aromatic rings. The first-order valence-electron chi connectivity index (χ1n) is 11.1. The van der Waals surface area contributed by atoms with E-state index in [-0.39, 0.29) is 17.9 Å². The second-order valence-electron chi connectivity index (χ2n) is 9.02. The zero-order valence-electron chi connectivity index (χ0n) is 17.2. The van der Waals surface area contributed by atoms with Crippen molar-refractivity contribution in [2.45, 2.75) is 50.2 Å². The summed E-state index contributed by atoms with van der Waals surface area (Å²) in [6.07, 6.45) is 6.11. The number of fused-ring (bicyclic) bond motifs is 1. The fourth-order valence-electron chi connectivity index (χ4n) is 5.62. The minimum atomic E-state index is -0.797. The molecular formula is C23H35N3O2. The lowest BCUT2D eigenvalue weighted by molar-refractivity contribution is -0.155. The molecule has 0 bridgehead atoms. The first kappa shape index (κ1) is 19.9. The van der Waals surface area contributed by atoms with E-state index in [4.69, 9.17) is 0 Å². The summed E-state index contributed by atoms with van der Waals surface area (Å²) in [5.74, 6) is 0.410. The average molecular weight is 386 g/mol. The molecule has 0 aromatic heterocycles. The fourth-order valence-corrected chi connectivity index (χ4v) is 5.62. The zero-order valence-corrected chi connectivity index (χ0v) is 17.2. The maximum atomic E-state index is 13.3. The van der Waals surface area contributed by atoms with Crippen molar-refractivity contribution in [1.82, 2.24) is 14.7 Å². The van der Waals surface area contributed by atoms with E-state index in [1.54, 1.807) is 0 Å². The number of carbonyl (C=O) groups excluding carboxylic acids is 1. The molecule has 5 nitrogen and oxygen atoms in total. The Morgan fingerprint density at radius 2 is 1.82 bits per heavy atom. The van der Waals surface area contributed by atoms with Gasteiger partial charge in [-0.2, -0.15) is 0 Å². The van der Waals surface area contributed by atoms with E-state index in [1.165, 1.54) is 0 Å². The molecule has 3 aliphatic rings. The van der Waals surface area contributed by atoms with Gasteiger partial charge in [0.2, 0.25) is 5.91 Å². The largest absolute Gasteiger partial charge is 0.385 e. The molecule has 0 unspecified atom stereocenters. The van der Waals surface area contributed by atoms with Crippen molar-refractivity contribution < 1.29 is 9.90 Å². The van der Waals surface area contributed by atoms with Crippen molar-refractivity contribution in [1.29, 1.82) is 0 Å². The highest BCUT2D eigenvalue weighted by molar-refractivity contribution is 5.79. The maximum Gasteiger partial charge on any atom is 0.237 e. The lowest BCUT2D eigenvalue weighted by Crippen LogP contribution is -2.60. The Kier molecular flexibility index (Phi) is 6.04. The third-order valence-electron chi connectivity index (χ3n) is 7.24. The predicted octanol–water partition coefficient (Wildman–Crippen LogP) is 2.30. The van der Waals surface area contributed by atoms with Gasteiger partial charge in [-0.15, -0.1) is 0 Å². The van der Waals surface area contributed by atoms with Crippen LogP contribution in [0.15, 0.2) is 30.3 Å². The first-order valence-corrected chi connectivity index (χ1v) is 11.1. The summed E-state index contributed by atoms with van der Waals surface area (Å²) in [7, 11) is 2.16. The number of benzene rings is 1. The molecule has 3 atom stereocenters. The summed E-state index contributed by atoms with van der Waals surface area (Å²) in [5.41, 5.74) is 0.226. The average Bonchev–Trinajstić information content (AvgIpc) is 2.93. The summed E-state index contributed by atoms with van der Waals surface area (Å²) in [6, 6.07) is 10.3. The molecule has 1 saturated carbocycles.